The average molecular weight is 175 g/mol. The van der Waals surface area contributed by atoms with Crippen LogP contribution in [0.1, 0.15) is 18.4 Å². The molecule has 0 heterocycles. The van der Waals surface area contributed by atoms with E-state index in [1.165, 1.54) is 0 Å². The quantitative estimate of drug-likeness (QED) is 0.678. The van der Waals surface area contributed by atoms with Crippen LogP contribution in [-0.4, -0.2) is 0 Å². The van der Waals surface area contributed by atoms with E-state index in [-0.39, 0.29) is 5.92 Å². The van der Waals surface area contributed by atoms with Gasteiger partial charge in [-0.3, -0.25) is 0 Å². The third-order valence-electron chi connectivity index (χ3n) is 2.62. The van der Waals surface area contributed by atoms with Gasteiger partial charge in [-0.2, -0.15) is 5.26 Å². The largest absolute Gasteiger partial charge is 0.238 e. The second-order valence-corrected chi connectivity index (χ2v) is 3.49. The Balaban J connectivity index is 2.17. The van der Waals surface area contributed by atoms with Gasteiger partial charge in [0, 0.05) is 12.3 Å². The molecule has 1 saturated carbocycles. The van der Waals surface area contributed by atoms with Gasteiger partial charge in [-0.25, -0.2) is 4.39 Å². The van der Waals surface area contributed by atoms with E-state index >= 15 is 0 Å². The first kappa shape index (κ1) is 8.25. The molecule has 0 amide bonds. The highest BCUT2D eigenvalue weighted by molar-refractivity contribution is 5.30. The molecule has 1 aromatic rings. The van der Waals surface area contributed by atoms with E-state index in [2.05, 4.69) is 0 Å². The van der Waals surface area contributed by atoms with Crippen molar-refractivity contribution in [3.05, 3.63) is 35.9 Å². The molecular formula is C11H10FN. The topological polar surface area (TPSA) is 23.8 Å². The van der Waals surface area contributed by atoms with Crippen molar-refractivity contribution in [2.75, 3.05) is 0 Å². The lowest BCUT2D eigenvalue weighted by atomic mass is 10.1. The minimum atomic E-state index is -1.21. The Morgan fingerprint density at radius 3 is 2.77 bits per heavy atom. The molecule has 0 saturated heterocycles. The zero-order chi connectivity index (χ0) is 9.31. The van der Waals surface area contributed by atoms with Crippen molar-refractivity contribution < 1.29 is 4.39 Å². The minimum Gasteiger partial charge on any atom is -0.238 e. The summed E-state index contributed by atoms with van der Waals surface area (Å²) in [5, 5.41) is 8.44. The third-order valence-corrected chi connectivity index (χ3v) is 2.62. The Morgan fingerprint density at radius 2 is 2.15 bits per heavy atom. The summed E-state index contributed by atoms with van der Waals surface area (Å²) < 4.78 is 13.9. The molecule has 0 bridgehead atoms. The van der Waals surface area contributed by atoms with Crippen LogP contribution in [0.2, 0.25) is 0 Å². The summed E-state index contributed by atoms with van der Waals surface area (Å²) in [6.45, 7) is 0. The summed E-state index contributed by atoms with van der Waals surface area (Å²) in [5.74, 6) is -0.0834. The molecule has 1 aromatic carbocycles. The van der Waals surface area contributed by atoms with Crippen molar-refractivity contribution in [3.63, 3.8) is 0 Å². The highest BCUT2D eigenvalue weighted by Crippen LogP contribution is 2.57. The minimum absolute atomic E-state index is 0.0834. The van der Waals surface area contributed by atoms with Crippen LogP contribution in [0.4, 0.5) is 4.39 Å². The predicted molar refractivity (Wildman–Crippen MR) is 47.6 cm³/mol. The zero-order valence-corrected chi connectivity index (χ0v) is 7.20. The molecule has 1 aliphatic rings. The second kappa shape index (κ2) is 2.85. The SMILES string of the molecule is N#CCC1CC1(F)c1ccccc1. The van der Waals surface area contributed by atoms with E-state index < -0.39 is 5.67 Å². The van der Waals surface area contributed by atoms with Crippen LogP contribution in [0.25, 0.3) is 0 Å². The number of hydrogen-bond acceptors (Lipinski definition) is 1. The molecule has 0 spiro atoms. The molecule has 13 heavy (non-hydrogen) atoms. The maximum atomic E-state index is 13.9. The molecule has 2 rings (SSSR count). The van der Waals surface area contributed by atoms with Crippen LogP contribution in [0.3, 0.4) is 0 Å². The molecular weight excluding hydrogens is 165 g/mol. The maximum Gasteiger partial charge on any atom is 0.140 e. The summed E-state index contributed by atoms with van der Waals surface area (Å²) in [7, 11) is 0. The molecule has 0 radical (unpaired) electrons. The Hall–Kier alpha value is -1.36. The molecule has 1 nitrogen and oxygen atoms in total. The van der Waals surface area contributed by atoms with Crippen LogP contribution in [0.15, 0.2) is 30.3 Å². The van der Waals surface area contributed by atoms with E-state index in [1.807, 2.05) is 24.3 Å². The number of benzene rings is 1. The summed E-state index contributed by atoms with van der Waals surface area (Å²) in [6.07, 6.45) is 0.829. The molecule has 2 unspecified atom stereocenters. The lowest BCUT2D eigenvalue weighted by molar-refractivity contribution is 0.288. The number of nitriles is 1. The number of hydrogen-bond donors (Lipinski definition) is 0. The average Bonchev–Trinajstić information content (AvgIpc) is 2.81. The van der Waals surface area contributed by atoms with Crippen LogP contribution >= 0.6 is 0 Å². The van der Waals surface area contributed by atoms with Gasteiger partial charge >= 0.3 is 0 Å². The van der Waals surface area contributed by atoms with Gasteiger partial charge in [-0.15, -0.1) is 0 Å². The van der Waals surface area contributed by atoms with Crippen molar-refractivity contribution in [1.29, 1.82) is 5.26 Å². The van der Waals surface area contributed by atoms with Gasteiger partial charge in [0.2, 0.25) is 0 Å². The van der Waals surface area contributed by atoms with E-state index in [9.17, 15) is 4.39 Å². The number of halogens is 1. The number of nitrogens with zero attached hydrogens (tertiary/aromatic N) is 1. The van der Waals surface area contributed by atoms with E-state index in [0.29, 0.717) is 12.8 Å². The van der Waals surface area contributed by atoms with Gasteiger partial charge in [0.15, 0.2) is 0 Å². The molecule has 2 heteroatoms. The van der Waals surface area contributed by atoms with Crippen molar-refractivity contribution >= 4 is 0 Å². The normalized spacial score (nSPS) is 30.9. The van der Waals surface area contributed by atoms with E-state index in [0.717, 1.165) is 5.56 Å². The van der Waals surface area contributed by atoms with E-state index in [4.69, 9.17) is 5.26 Å². The Labute approximate surface area is 76.8 Å². The summed E-state index contributed by atoms with van der Waals surface area (Å²) in [4.78, 5) is 0. The van der Waals surface area contributed by atoms with Gasteiger partial charge < -0.3 is 0 Å². The number of alkyl halides is 1. The monoisotopic (exact) mass is 175 g/mol. The molecule has 0 aromatic heterocycles. The van der Waals surface area contributed by atoms with Gasteiger partial charge in [-0.05, 0) is 12.0 Å². The predicted octanol–water partition coefficient (Wildman–Crippen LogP) is 2.78. The molecule has 1 fully saturated rings. The fraction of sp³-hybridized carbons (Fsp3) is 0.364. The lowest BCUT2D eigenvalue weighted by Gasteiger charge is -2.05. The summed E-state index contributed by atoms with van der Waals surface area (Å²) >= 11 is 0. The highest BCUT2D eigenvalue weighted by Gasteiger charge is 2.56. The number of rotatable bonds is 2. The zero-order valence-electron chi connectivity index (χ0n) is 7.20. The highest BCUT2D eigenvalue weighted by atomic mass is 19.1. The first-order chi connectivity index (χ1) is 6.27. The molecule has 2 atom stereocenters. The van der Waals surface area contributed by atoms with Crippen LogP contribution in [0.5, 0.6) is 0 Å². The summed E-state index contributed by atoms with van der Waals surface area (Å²) in [5.41, 5.74) is -0.493. The van der Waals surface area contributed by atoms with Crippen LogP contribution in [0, 0.1) is 17.2 Å². The molecule has 66 valence electrons. The Morgan fingerprint density at radius 1 is 1.46 bits per heavy atom. The molecule has 0 aliphatic heterocycles. The van der Waals surface area contributed by atoms with Crippen molar-refractivity contribution in [2.24, 2.45) is 5.92 Å². The van der Waals surface area contributed by atoms with Crippen molar-refractivity contribution in [3.8, 4) is 6.07 Å². The lowest BCUT2D eigenvalue weighted by Crippen LogP contribution is -2.01. The first-order valence-corrected chi connectivity index (χ1v) is 4.39. The fourth-order valence-electron chi connectivity index (χ4n) is 1.71. The summed E-state index contributed by atoms with van der Waals surface area (Å²) in [6, 6.07) is 11.1. The van der Waals surface area contributed by atoms with Gasteiger partial charge in [0.25, 0.3) is 0 Å². The van der Waals surface area contributed by atoms with Crippen molar-refractivity contribution in [2.45, 2.75) is 18.5 Å². The van der Waals surface area contributed by atoms with Crippen LogP contribution in [-0.2, 0) is 5.67 Å². The van der Waals surface area contributed by atoms with Crippen LogP contribution < -0.4 is 0 Å². The smallest absolute Gasteiger partial charge is 0.140 e. The van der Waals surface area contributed by atoms with E-state index in [1.54, 1.807) is 12.1 Å². The Bertz CT molecular complexity index is 341. The maximum absolute atomic E-state index is 13.9. The molecule has 0 N–H and O–H groups in total. The van der Waals surface area contributed by atoms with Gasteiger partial charge in [0.1, 0.15) is 5.67 Å². The third kappa shape index (κ3) is 1.31. The van der Waals surface area contributed by atoms with Gasteiger partial charge in [-0.1, -0.05) is 30.3 Å². The Kier molecular flexibility index (Phi) is 1.81. The second-order valence-electron chi connectivity index (χ2n) is 3.49. The molecule has 1 aliphatic carbocycles. The standard InChI is InChI=1S/C11H10FN/c12-11(8-10(11)6-7-13)9-4-2-1-3-5-9/h1-5,10H,6,8H2. The van der Waals surface area contributed by atoms with Gasteiger partial charge in [0.05, 0.1) is 6.07 Å². The first-order valence-electron chi connectivity index (χ1n) is 4.39. The van der Waals surface area contributed by atoms with Crippen molar-refractivity contribution in [1.82, 2.24) is 0 Å². The fourth-order valence-corrected chi connectivity index (χ4v) is 1.71.